The van der Waals surface area contributed by atoms with Crippen LogP contribution in [-0.2, 0) is 6.54 Å². The molecule has 0 saturated heterocycles. The topological polar surface area (TPSA) is 33.1 Å². The number of halogens is 2. The van der Waals surface area contributed by atoms with Crippen LogP contribution in [0.3, 0.4) is 0 Å². The van der Waals surface area contributed by atoms with E-state index < -0.39 is 0 Å². The molecule has 6 heteroatoms. The van der Waals surface area contributed by atoms with Crippen LogP contribution in [0.1, 0.15) is 17.3 Å². The van der Waals surface area contributed by atoms with Crippen LogP contribution in [0.15, 0.2) is 34.9 Å². The quantitative estimate of drug-likeness (QED) is 0.846. The summed E-state index contributed by atoms with van der Waals surface area (Å²) in [6, 6.07) is 8.24. The lowest BCUT2D eigenvalue weighted by atomic mass is 10.0. The van der Waals surface area contributed by atoms with E-state index in [0.29, 0.717) is 5.02 Å². The van der Waals surface area contributed by atoms with Crippen molar-refractivity contribution in [2.45, 2.75) is 12.6 Å². The summed E-state index contributed by atoms with van der Waals surface area (Å²) in [7, 11) is 6.04. The van der Waals surface area contributed by atoms with E-state index in [1.807, 2.05) is 23.9 Å². The summed E-state index contributed by atoms with van der Waals surface area (Å²) in [5, 5.41) is 8.44. The number of rotatable bonds is 6. The fourth-order valence-electron chi connectivity index (χ4n) is 2.28. The molecular formula is C15H20BrClN4. The number of aromatic nitrogens is 2. The number of likely N-dealkylation sites (N-methyl/N-ethyl adjacent to an activating group) is 1. The van der Waals surface area contributed by atoms with Crippen molar-refractivity contribution in [1.29, 1.82) is 0 Å². The molecule has 0 bridgehead atoms. The van der Waals surface area contributed by atoms with E-state index in [0.717, 1.165) is 28.8 Å². The molecule has 1 aromatic carbocycles. The lowest BCUT2D eigenvalue weighted by Gasteiger charge is -2.20. The molecule has 1 unspecified atom stereocenters. The maximum absolute atomic E-state index is 6.37. The second kappa shape index (κ2) is 7.40. The van der Waals surface area contributed by atoms with Gasteiger partial charge in [-0.25, -0.2) is 0 Å². The molecule has 1 N–H and O–H groups in total. The molecule has 21 heavy (non-hydrogen) atoms. The molecular weight excluding hydrogens is 352 g/mol. The summed E-state index contributed by atoms with van der Waals surface area (Å²) in [4.78, 5) is 2.13. The zero-order valence-electron chi connectivity index (χ0n) is 12.5. The fraction of sp³-hybridized carbons (Fsp3) is 0.400. The van der Waals surface area contributed by atoms with Gasteiger partial charge >= 0.3 is 0 Å². The molecule has 1 aromatic heterocycles. The highest BCUT2D eigenvalue weighted by molar-refractivity contribution is 9.10. The van der Waals surface area contributed by atoms with Crippen molar-refractivity contribution in [3.05, 3.63) is 51.2 Å². The molecule has 1 atom stereocenters. The maximum atomic E-state index is 6.37. The van der Waals surface area contributed by atoms with Crippen molar-refractivity contribution >= 4 is 27.5 Å². The minimum Gasteiger partial charge on any atom is -0.308 e. The lowest BCUT2D eigenvalue weighted by Crippen LogP contribution is -2.25. The van der Waals surface area contributed by atoms with Gasteiger partial charge in [0.1, 0.15) is 0 Å². The highest BCUT2D eigenvalue weighted by Crippen LogP contribution is 2.29. The smallest absolute Gasteiger partial charge is 0.0837 e. The largest absolute Gasteiger partial charge is 0.308 e. The summed E-state index contributed by atoms with van der Waals surface area (Å²) in [6.07, 6.45) is 1.72. The van der Waals surface area contributed by atoms with Gasteiger partial charge in [-0.15, -0.1) is 0 Å². The van der Waals surface area contributed by atoms with Crippen molar-refractivity contribution in [3.8, 4) is 0 Å². The number of nitrogens with zero attached hydrogens (tertiary/aromatic N) is 3. The highest BCUT2D eigenvalue weighted by Gasteiger charge is 2.21. The van der Waals surface area contributed by atoms with Gasteiger partial charge in [-0.1, -0.05) is 39.7 Å². The molecule has 0 radical (unpaired) electrons. The van der Waals surface area contributed by atoms with E-state index >= 15 is 0 Å². The SMILES string of the molecule is CNC(c1cccc(Br)c1)c1c(Cl)cnn1CCN(C)C. The fourth-order valence-corrected chi connectivity index (χ4v) is 2.95. The molecule has 0 amide bonds. The Kier molecular flexibility index (Phi) is 5.81. The Hall–Kier alpha value is -0.880. The Morgan fingerprint density at radius 2 is 2.19 bits per heavy atom. The molecule has 0 saturated carbocycles. The van der Waals surface area contributed by atoms with Crippen molar-refractivity contribution in [3.63, 3.8) is 0 Å². The molecule has 0 aliphatic rings. The van der Waals surface area contributed by atoms with Crippen molar-refractivity contribution in [2.75, 3.05) is 27.7 Å². The van der Waals surface area contributed by atoms with Gasteiger partial charge in [0.25, 0.3) is 0 Å². The molecule has 1 heterocycles. The first-order chi connectivity index (χ1) is 10.0. The van der Waals surface area contributed by atoms with Crippen LogP contribution < -0.4 is 5.32 Å². The average Bonchev–Trinajstić information content (AvgIpc) is 2.79. The van der Waals surface area contributed by atoms with Gasteiger partial charge < -0.3 is 10.2 Å². The summed E-state index contributed by atoms with van der Waals surface area (Å²) < 4.78 is 3.03. The van der Waals surface area contributed by atoms with E-state index in [2.05, 4.69) is 57.5 Å². The van der Waals surface area contributed by atoms with Crippen LogP contribution >= 0.6 is 27.5 Å². The first kappa shape index (κ1) is 16.5. The average molecular weight is 372 g/mol. The van der Waals surface area contributed by atoms with Gasteiger partial charge in [0.2, 0.25) is 0 Å². The van der Waals surface area contributed by atoms with E-state index in [1.54, 1.807) is 6.20 Å². The monoisotopic (exact) mass is 370 g/mol. The minimum atomic E-state index is 0.0136. The Labute approximate surface area is 139 Å². The van der Waals surface area contributed by atoms with Crippen LogP contribution in [-0.4, -0.2) is 42.4 Å². The molecule has 0 aliphatic heterocycles. The van der Waals surface area contributed by atoms with E-state index in [9.17, 15) is 0 Å². The second-order valence-electron chi connectivity index (χ2n) is 5.18. The maximum Gasteiger partial charge on any atom is 0.0837 e. The molecule has 2 aromatic rings. The Morgan fingerprint density at radius 3 is 2.81 bits per heavy atom. The highest BCUT2D eigenvalue weighted by atomic mass is 79.9. The number of hydrogen-bond acceptors (Lipinski definition) is 3. The lowest BCUT2D eigenvalue weighted by molar-refractivity contribution is 0.366. The first-order valence-corrected chi connectivity index (χ1v) is 7.98. The van der Waals surface area contributed by atoms with Gasteiger partial charge in [0, 0.05) is 11.0 Å². The van der Waals surface area contributed by atoms with Crippen LogP contribution in [0.5, 0.6) is 0 Å². The normalized spacial score (nSPS) is 12.9. The van der Waals surface area contributed by atoms with Crippen LogP contribution in [0.25, 0.3) is 0 Å². The first-order valence-electron chi connectivity index (χ1n) is 6.81. The van der Waals surface area contributed by atoms with Gasteiger partial charge in [-0.05, 0) is 38.8 Å². The number of hydrogen-bond donors (Lipinski definition) is 1. The standard InChI is InChI=1S/C15H20BrClN4/c1-18-14(11-5-4-6-12(16)9-11)15-13(17)10-19-21(15)8-7-20(2)3/h4-6,9-10,14,18H,7-8H2,1-3H3. The van der Waals surface area contributed by atoms with Gasteiger partial charge in [0.15, 0.2) is 0 Å². The number of nitrogens with one attached hydrogen (secondary N) is 1. The zero-order valence-corrected chi connectivity index (χ0v) is 14.8. The van der Waals surface area contributed by atoms with Gasteiger partial charge in [-0.3, -0.25) is 4.68 Å². The predicted molar refractivity (Wildman–Crippen MR) is 90.8 cm³/mol. The molecule has 114 valence electrons. The van der Waals surface area contributed by atoms with E-state index in [-0.39, 0.29) is 6.04 Å². The van der Waals surface area contributed by atoms with Gasteiger partial charge in [0.05, 0.1) is 29.5 Å². The van der Waals surface area contributed by atoms with Crippen molar-refractivity contribution < 1.29 is 0 Å². The Morgan fingerprint density at radius 1 is 1.43 bits per heavy atom. The molecule has 0 aliphatic carbocycles. The molecule has 4 nitrogen and oxygen atoms in total. The molecule has 0 spiro atoms. The third-order valence-corrected chi connectivity index (χ3v) is 4.12. The van der Waals surface area contributed by atoms with Crippen LogP contribution in [0.2, 0.25) is 5.02 Å². The van der Waals surface area contributed by atoms with Crippen LogP contribution in [0.4, 0.5) is 0 Å². The number of benzene rings is 1. The third-order valence-electron chi connectivity index (χ3n) is 3.34. The van der Waals surface area contributed by atoms with Crippen molar-refractivity contribution in [1.82, 2.24) is 20.0 Å². The molecule has 2 rings (SSSR count). The van der Waals surface area contributed by atoms with Crippen molar-refractivity contribution in [2.24, 2.45) is 0 Å². The second-order valence-corrected chi connectivity index (χ2v) is 6.50. The third kappa shape index (κ3) is 4.07. The summed E-state index contributed by atoms with van der Waals surface area (Å²) in [5.74, 6) is 0. The predicted octanol–water partition coefficient (Wildman–Crippen LogP) is 3.17. The Bertz CT molecular complexity index is 597. The molecule has 0 fully saturated rings. The summed E-state index contributed by atoms with van der Waals surface area (Å²) in [6.45, 7) is 1.72. The summed E-state index contributed by atoms with van der Waals surface area (Å²) in [5.41, 5.74) is 2.15. The minimum absolute atomic E-state index is 0.0136. The Balaban J connectivity index is 2.35. The van der Waals surface area contributed by atoms with Crippen LogP contribution in [0, 0.1) is 0 Å². The van der Waals surface area contributed by atoms with Gasteiger partial charge in [-0.2, -0.15) is 5.10 Å². The zero-order chi connectivity index (χ0) is 15.4. The summed E-state index contributed by atoms with van der Waals surface area (Å²) >= 11 is 9.89. The van der Waals surface area contributed by atoms with E-state index in [1.165, 1.54) is 0 Å². The van der Waals surface area contributed by atoms with E-state index in [4.69, 9.17) is 11.6 Å².